The summed E-state index contributed by atoms with van der Waals surface area (Å²) in [4.78, 5) is 23.1. The Balaban J connectivity index is -0.000000789. The van der Waals surface area contributed by atoms with E-state index in [4.69, 9.17) is 9.84 Å². The first-order chi connectivity index (χ1) is 12.9. The maximum atomic E-state index is 11.9. The highest BCUT2D eigenvalue weighted by atomic mass is 16.6. The van der Waals surface area contributed by atoms with Crippen molar-refractivity contribution in [3.63, 3.8) is 0 Å². The number of hydrogen-bond acceptors (Lipinski definition) is 5. The van der Waals surface area contributed by atoms with Gasteiger partial charge in [0, 0.05) is 12.8 Å². The van der Waals surface area contributed by atoms with Gasteiger partial charge in [0.2, 0.25) is 0 Å². The van der Waals surface area contributed by atoms with Gasteiger partial charge in [-0.3, -0.25) is 0 Å². The molecule has 1 rings (SSSR count). The number of esters is 1. The topological polar surface area (TPSA) is 75.6 Å². The molecule has 0 heterocycles. The predicted octanol–water partition coefficient (Wildman–Crippen LogP) is 5.72. The standard InChI is InChI=1S/C17H25NO3.C3H8.C2H6.CH4O/c1-16(2,3)14(11-19)18-13-9-7-12(8-10-13)15(20)21-17(4,5)6;1-3-2;2*1-2/h7-11,14,18H,1-6H3;3H2,1-2H3;1-2H3;2H,1H3. The van der Waals surface area contributed by atoms with E-state index in [0.717, 1.165) is 19.1 Å². The zero-order chi connectivity index (χ0) is 23.0. The highest BCUT2D eigenvalue weighted by molar-refractivity contribution is 5.90. The molecule has 1 aromatic carbocycles. The number of rotatable bonds is 4. The molecule has 0 aliphatic carbocycles. The Hall–Kier alpha value is -1.88. The lowest BCUT2D eigenvalue weighted by molar-refractivity contribution is -0.110. The number of nitrogens with one attached hydrogen (secondary N) is 1. The van der Waals surface area contributed by atoms with Crippen LogP contribution in [0.15, 0.2) is 24.3 Å². The van der Waals surface area contributed by atoms with Gasteiger partial charge >= 0.3 is 5.97 Å². The van der Waals surface area contributed by atoms with Crippen LogP contribution in [0.4, 0.5) is 5.69 Å². The van der Waals surface area contributed by atoms with E-state index < -0.39 is 5.60 Å². The summed E-state index contributed by atoms with van der Waals surface area (Å²) in [5.74, 6) is -0.350. The van der Waals surface area contributed by atoms with Gasteiger partial charge in [0.25, 0.3) is 0 Å². The average Bonchev–Trinajstić information content (AvgIpc) is 2.62. The number of hydrogen-bond donors (Lipinski definition) is 2. The van der Waals surface area contributed by atoms with Gasteiger partial charge < -0.3 is 20.0 Å². The first-order valence-electron chi connectivity index (χ1n) is 9.94. The zero-order valence-electron chi connectivity index (χ0n) is 19.8. The van der Waals surface area contributed by atoms with Crippen LogP contribution >= 0.6 is 0 Å². The van der Waals surface area contributed by atoms with Crippen LogP contribution in [0, 0.1) is 5.41 Å². The fourth-order valence-corrected chi connectivity index (χ4v) is 1.67. The molecule has 0 saturated heterocycles. The van der Waals surface area contributed by atoms with E-state index in [9.17, 15) is 9.59 Å². The summed E-state index contributed by atoms with van der Waals surface area (Å²) >= 11 is 0. The van der Waals surface area contributed by atoms with E-state index >= 15 is 0 Å². The van der Waals surface area contributed by atoms with E-state index in [2.05, 4.69) is 19.2 Å². The van der Waals surface area contributed by atoms with Crippen LogP contribution in [-0.2, 0) is 9.53 Å². The maximum absolute atomic E-state index is 11.9. The van der Waals surface area contributed by atoms with Gasteiger partial charge in [-0.1, -0.05) is 54.9 Å². The summed E-state index contributed by atoms with van der Waals surface area (Å²) < 4.78 is 5.30. The average molecular weight is 398 g/mol. The molecule has 164 valence electrons. The molecule has 0 aromatic heterocycles. The molecular weight excluding hydrogens is 354 g/mol. The highest BCUT2D eigenvalue weighted by Gasteiger charge is 2.24. The van der Waals surface area contributed by atoms with E-state index in [0.29, 0.717) is 5.56 Å². The van der Waals surface area contributed by atoms with E-state index in [1.807, 2.05) is 55.4 Å². The molecule has 28 heavy (non-hydrogen) atoms. The molecule has 1 aromatic rings. The molecule has 5 nitrogen and oxygen atoms in total. The normalized spacial score (nSPS) is 11.1. The van der Waals surface area contributed by atoms with E-state index in [1.54, 1.807) is 24.3 Å². The monoisotopic (exact) mass is 397 g/mol. The van der Waals surface area contributed by atoms with Gasteiger partial charge in [-0.05, 0) is 50.5 Å². The molecule has 0 amide bonds. The summed E-state index contributed by atoms with van der Waals surface area (Å²) in [6, 6.07) is 6.66. The Bertz CT molecular complexity index is 511. The van der Waals surface area contributed by atoms with Crippen molar-refractivity contribution >= 4 is 17.9 Å². The molecule has 0 spiro atoms. The van der Waals surface area contributed by atoms with Crippen LogP contribution in [0.25, 0.3) is 0 Å². The van der Waals surface area contributed by atoms with Gasteiger partial charge in [0.15, 0.2) is 0 Å². The van der Waals surface area contributed by atoms with Crippen LogP contribution in [-0.4, -0.2) is 36.1 Å². The Labute approximate surface area is 172 Å². The molecule has 0 aliphatic rings. The highest BCUT2D eigenvalue weighted by Crippen LogP contribution is 2.22. The largest absolute Gasteiger partial charge is 0.456 e. The predicted molar refractivity (Wildman–Crippen MR) is 120 cm³/mol. The van der Waals surface area contributed by atoms with Crippen molar-refractivity contribution in [2.45, 2.75) is 87.3 Å². The summed E-state index contributed by atoms with van der Waals surface area (Å²) in [5.41, 5.74) is 0.609. The molecule has 1 unspecified atom stereocenters. The number of carbonyl (C=O) groups is 2. The van der Waals surface area contributed by atoms with E-state index in [1.165, 1.54) is 6.42 Å². The molecule has 0 bridgehead atoms. The van der Waals surface area contributed by atoms with Crippen molar-refractivity contribution in [3.8, 4) is 0 Å². The molecule has 5 heteroatoms. The molecule has 2 N–H and O–H groups in total. The van der Waals surface area contributed by atoms with Crippen molar-refractivity contribution in [1.82, 2.24) is 0 Å². The molecule has 0 fully saturated rings. The second-order valence-electron chi connectivity index (χ2n) is 7.91. The summed E-state index contributed by atoms with van der Waals surface area (Å²) in [7, 11) is 1.00. The lowest BCUT2D eigenvalue weighted by atomic mass is 9.87. The Kier molecular flexibility index (Phi) is 17.7. The SMILES string of the molecule is CC.CC(C)(C)OC(=O)c1ccc(NC(C=O)C(C)(C)C)cc1.CCC.CO. The third-order valence-corrected chi connectivity index (χ3v) is 2.91. The molecule has 0 aliphatic heterocycles. The minimum absolute atomic E-state index is 0.175. The Morgan fingerprint density at radius 2 is 1.43 bits per heavy atom. The van der Waals surface area contributed by atoms with Crippen molar-refractivity contribution in [2.75, 3.05) is 12.4 Å². The van der Waals surface area contributed by atoms with Crippen molar-refractivity contribution in [2.24, 2.45) is 5.41 Å². The van der Waals surface area contributed by atoms with Crippen LogP contribution in [0.2, 0.25) is 0 Å². The molecule has 1 atom stereocenters. The first-order valence-corrected chi connectivity index (χ1v) is 9.94. The van der Waals surface area contributed by atoms with Gasteiger partial charge in [0.1, 0.15) is 11.9 Å². The lowest BCUT2D eigenvalue weighted by Crippen LogP contribution is -2.35. The van der Waals surface area contributed by atoms with Gasteiger partial charge in [0.05, 0.1) is 11.6 Å². The molecule has 0 radical (unpaired) electrons. The summed E-state index contributed by atoms with van der Waals surface area (Å²) in [6.07, 6.45) is 2.15. The van der Waals surface area contributed by atoms with Gasteiger partial charge in [-0.25, -0.2) is 4.79 Å². The maximum Gasteiger partial charge on any atom is 0.338 e. The quantitative estimate of drug-likeness (QED) is 0.502. The number of carbonyl (C=O) groups excluding carboxylic acids is 2. The second kappa shape index (κ2) is 16.1. The number of aldehydes is 1. The number of aliphatic hydroxyl groups excluding tert-OH is 1. The van der Waals surface area contributed by atoms with Crippen molar-refractivity contribution in [3.05, 3.63) is 29.8 Å². The van der Waals surface area contributed by atoms with Crippen LogP contribution in [0.5, 0.6) is 0 Å². The molecule has 0 saturated carbocycles. The van der Waals surface area contributed by atoms with Crippen LogP contribution in [0.3, 0.4) is 0 Å². The number of aliphatic hydroxyl groups is 1. The summed E-state index contributed by atoms with van der Waals surface area (Å²) in [6.45, 7) is 19.7. The Morgan fingerprint density at radius 1 is 1.04 bits per heavy atom. The summed E-state index contributed by atoms with van der Waals surface area (Å²) in [5, 5.41) is 10.2. The smallest absolute Gasteiger partial charge is 0.338 e. The van der Waals surface area contributed by atoms with E-state index in [-0.39, 0.29) is 17.4 Å². The first kappa shape index (κ1) is 30.8. The van der Waals surface area contributed by atoms with Crippen LogP contribution < -0.4 is 5.32 Å². The third-order valence-electron chi connectivity index (χ3n) is 2.91. The molecular formula is C23H43NO4. The second-order valence-corrected chi connectivity index (χ2v) is 7.91. The minimum Gasteiger partial charge on any atom is -0.456 e. The van der Waals surface area contributed by atoms with Crippen molar-refractivity contribution < 1.29 is 19.4 Å². The lowest BCUT2D eigenvalue weighted by Gasteiger charge is -2.27. The van der Waals surface area contributed by atoms with Gasteiger partial charge in [-0.15, -0.1) is 0 Å². The number of benzene rings is 1. The fraction of sp³-hybridized carbons (Fsp3) is 0.652. The van der Waals surface area contributed by atoms with Crippen LogP contribution in [0.1, 0.15) is 86.0 Å². The minimum atomic E-state index is -0.511. The van der Waals surface area contributed by atoms with Crippen molar-refractivity contribution in [1.29, 1.82) is 0 Å². The number of anilines is 1. The number of ether oxygens (including phenoxy) is 1. The zero-order valence-corrected chi connectivity index (χ0v) is 19.8. The Morgan fingerprint density at radius 3 is 1.71 bits per heavy atom. The van der Waals surface area contributed by atoms with Gasteiger partial charge in [-0.2, -0.15) is 0 Å². The third kappa shape index (κ3) is 15.2. The fourth-order valence-electron chi connectivity index (χ4n) is 1.67.